The first-order valence-corrected chi connectivity index (χ1v) is 3.62. The Morgan fingerprint density at radius 3 is 2.60 bits per heavy atom. The molecule has 0 aliphatic heterocycles. The zero-order chi connectivity index (χ0) is 7.98. The van der Waals surface area contributed by atoms with Crippen molar-refractivity contribution in [3.8, 4) is 12.3 Å². The van der Waals surface area contributed by atoms with Crippen LogP contribution in [0.3, 0.4) is 0 Å². The minimum absolute atomic E-state index is 0.292. The Bertz CT molecular complexity index is 132. The standard InChI is InChI=1S/C9H14O/c1-4-8(2)9(3)6-5-7-10/h1,7-9H,5-6H2,2-3H3. The van der Waals surface area contributed by atoms with Gasteiger partial charge in [-0.1, -0.05) is 13.8 Å². The van der Waals surface area contributed by atoms with Gasteiger partial charge in [0.05, 0.1) is 0 Å². The lowest BCUT2D eigenvalue weighted by Crippen LogP contribution is -2.05. The molecule has 0 aromatic carbocycles. The summed E-state index contributed by atoms with van der Waals surface area (Å²) >= 11 is 0. The SMILES string of the molecule is C#CC(C)C(C)CCC=O. The van der Waals surface area contributed by atoms with E-state index < -0.39 is 0 Å². The van der Waals surface area contributed by atoms with Crippen molar-refractivity contribution in [1.82, 2.24) is 0 Å². The van der Waals surface area contributed by atoms with Crippen LogP contribution in [0.5, 0.6) is 0 Å². The third-order valence-electron chi connectivity index (χ3n) is 1.86. The highest BCUT2D eigenvalue weighted by atomic mass is 16.1. The molecule has 0 saturated carbocycles. The van der Waals surface area contributed by atoms with Gasteiger partial charge in [0.25, 0.3) is 0 Å². The number of carbonyl (C=O) groups is 1. The molecule has 2 atom stereocenters. The third kappa shape index (κ3) is 3.29. The molecule has 1 nitrogen and oxygen atoms in total. The Hall–Kier alpha value is -0.770. The molecular formula is C9H14O. The van der Waals surface area contributed by atoms with E-state index in [1.54, 1.807) is 0 Å². The summed E-state index contributed by atoms with van der Waals surface area (Å²) in [5, 5.41) is 0. The summed E-state index contributed by atoms with van der Waals surface area (Å²) in [5.41, 5.74) is 0. The van der Waals surface area contributed by atoms with E-state index in [1.165, 1.54) is 0 Å². The van der Waals surface area contributed by atoms with Crippen molar-refractivity contribution in [3.63, 3.8) is 0 Å². The number of aldehydes is 1. The summed E-state index contributed by atoms with van der Waals surface area (Å²) in [6.45, 7) is 4.09. The van der Waals surface area contributed by atoms with E-state index in [1.807, 2.05) is 6.92 Å². The largest absolute Gasteiger partial charge is 0.303 e. The molecule has 2 unspecified atom stereocenters. The topological polar surface area (TPSA) is 17.1 Å². The smallest absolute Gasteiger partial charge is 0.120 e. The second-order valence-corrected chi connectivity index (χ2v) is 2.68. The van der Waals surface area contributed by atoms with Crippen LogP contribution in [0.4, 0.5) is 0 Å². The van der Waals surface area contributed by atoms with E-state index in [0.717, 1.165) is 12.7 Å². The van der Waals surface area contributed by atoms with E-state index in [9.17, 15) is 4.79 Å². The Labute approximate surface area is 62.8 Å². The summed E-state index contributed by atoms with van der Waals surface area (Å²) in [6, 6.07) is 0. The lowest BCUT2D eigenvalue weighted by Gasteiger charge is -2.11. The monoisotopic (exact) mass is 138 g/mol. The highest BCUT2D eigenvalue weighted by Crippen LogP contribution is 2.14. The predicted octanol–water partition coefficient (Wildman–Crippen LogP) is 1.87. The van der Waals surface area contributed by atoms with E-state index >= 15 is 0 Å². The molecule has 1 heteroatoms. The minimum atomic E-state index is 0.292. The Balaban J connectivity index is 3.52. The molecular weight excluding hydrogens is 124 g/mol. The first-order valence-electron chi connectivity index (χ1n) is 3.62. The molecule has 0 bridgehead atoms. The van der Waals surface area contributed by atoms with Gasteiger partial charge < -0.3 is 4.79 Å². The molecule has 0 aromatic heterocycles. The first kappa shape index (κ1) is 9.23. The second kappa shape index (κ2) is 5.05. The van der Waals surface area contributed by atoms with Crippen molar-refractivity contribution < 1.29 is 4.79 Å². The molecule has 56 valence electrons. The summed E-state index contributed by atoms with van der Waals surface area (Å²) in [7, 11) is 0. The van der Waals surface area contributed by atoms with Gasteiger partial charge in [0.15, 0.2) is 0 Å². The van der Waals surface area contributed by atoms with Crippen LogP contribution in [0.1, 0.15) is 26.7 Å². The van der Waals surface area contributed by atoms with Crippen molar-refractivity contribution in [3.05, 3.63) is 0 Å². The Kier molecular flexibility index (Phi) is 4.66. The average molecular weight is 138 g/mol. The molecule has 0 spiro atoms. The highest BCUT2D eigenvalue weighted by molar-refractivity contribution is 5.49. The fourth-order valence-corrected chi connectivity index (χ4v) is 0.745. The quantitative estimate of drug-likeness (QED) is 0.428. The maximum absolute atomic E-state index is 9.97. The summed E-state index contributed by atoms with van der Waals surface area (Å²) in [6.07, 6.45) is 7.69. The van der Waals surface area contributed by atoms with E-state index in [2.05, 4.69) is 12.8 Å². The van der Waals surface area contributed by atoms with Crippen molar-refractivity contribution in [1.29, 1.82) is 0 Å². The van der Waals surface area contributed by atoms with Gasteiger partial charge in [0.2, 0.25) is 0 Å². The molecule has 0 fully saturated rings. The molecule has 0 saturated heterocycles. The van der Waals surface area contributed by atoms with Gasteiger partial charge in [-0.3, -0.25) is 0 Å². The van der Waals surface area contributed by atoms with Gasteiger partial charge in [-0.2, -0.15) is 0 Å². The van der Waals surface area contributed by atoms with Crippen LogP contribution in [0.2, 0.25) is 0 Å². The van der Waals surface area contributed by atoms with Crippen molar-refractivity contribution in [2.45, 2.75) is 26.7 Å². The Morgan fingerprint density at radius 1 is 1.60 bits per heavy atom. The second-order valence-electron chi connectivity index (χ2n) is 2.68. The maximum Gasteiger partial charge on any atom is 0.120 e. The van der Waals surface area contributed by atoms with E-state index in [4.69, 9.17) is 6.42 Å². The summed E-state index contributed by atoms with van der Waals surface area (Å²) < 4.78 is 0. The van der Waals surface area contributed by atoms with Crippen molar-refractivity contribution in [2.75, 3.05) is 0 Å². The lowest BCUT2D eigenvalue weighted by atomic mass is 9.93. The van der Waals surface area contributed by atoms with Gasteiger partial charge >= 0.3 is 0 Å². The lowest BCUT2D eigenvalue weighted by molar-refractivity contribution is -0.108. The van der Waals surface area contributed by atoms with Gasteiger partial charge in [-0.05, 0) is 12.3 Å². The molecule has 0 N–H and O–H groups in total. The van der Waals surface area contributed by atoms with E-state index in [-0.39, 0.29) is 0 Å². The van der Waals surface area contributed by atoms with Gasteiger partial charge in [-0.25, -0.2) is 0 Å². The molecule has 0 heterocycles. The number of terminal acetylenes is 1. The normalized spacial score (nSPS) is 15.3. The zero-order valence-electron chi connectivity index (χ0n) is 6.63. The van der Waals surface area contributed by atoms with Crippen LogP contribution in [0.25, 0.3) is 0 Å². The fraction of sp³-hybridized carbons (Fsp3) is 0.667. The van der Waals surface area contributed by atoms with Crippen molar-refractivity contribution >= 4 is 6.29 Å². The van der Waals surface area contributed by atoms with Crippen LogP contribution in [0.15, 0.2) is 0 Å². The number of rotatable bonds is 4. The molecule has 0 aromatic rings. The van der Waals surface area contributed by atoms with Crippen molar-refractivity contribution in [2.24, 2.45) is 11.8 Å². The van der Waals surface area contributed by atoms with Gasteiger partial charge in [0.1, 0.15) is 6.29 Å². The predicted molar refractivity (Wildman–Crippen MR) is 42.5 cm³/mol. The fourth-order valence-electron chi connectivity index (χ4n) is 0.745. The maximum atomic E-state index is 9.97. The van der Waals surface area contributed by atoms with Gasteiger partial charge in [-0.15, -0.1) is 12.3 Å². The number of hydrogen-bond acceptors (Lipinski definition) is 1. The molecule has 0 radical (unpaired) electrons. The molecule has 0 aliphatic rings. The Morgan fingerprint density at radius 2 is 2.20 bits per heavy atom. The van der Waals surface area contributed by atoms with Crippen LogP contribution in [-0.4, -0.2) is 6.29 Å². The summed E-state index contributed by atoms with van der Waals surface area (Å²) in [4.78, 5) is 9.97. The molecule has 0 rings (SSSR count). The average Bonchev–Trinajstić information content (AvgIpc) is 1.98. The minimum Gasteiger partial charge on any atom is -0.303 e. The molecule has 0 aliphatic carbocycles. The number of carbonyl (C=O) groups excluding carboxylic acids is 1. The van der Waals surface area contributed by atoms with Gasteiger partial charge in [0, 0.05) is 12.3 Å². The highest BCUT2D eigenvalue weighted by Gasteiger charge is 2.07. The van der Waals surface area contributed by atoms with Crippen LogP contribution >= 0.6 is 0 Å². The van der Waals surface area contributed by atoms with Crippen LogP contribution in [-0.2, 0) is 4.79 Å². The number of hydrogen-bond donors (Lipinski definition) is 0. The van der Waals surface area contributed by atoms with Crippen LogP contribution < -0.4 is 0 Å². The first-order chi connectivity index (χ1) is 4.72. The molecule has 0 amide bonds. The molecule has 10 heavy (non-hydrogen) atoms. The zero-order valence-corrected chi connectivity index (χ0v) is 6.63. The van der Waals surface area contributed by atoms with E-state index in [0.29, 0.717) is 18.3 Å². The summed E-state index contributed by atoms with van der Waals surface area (Å²) in [5.74, 6) is 3.42. The van der Waals surface area contributed by atoms with Crippen LogP contribution in [0, 0.1) is 24.2 Å². The third-order valence-corrected chi connectivity index (χ3v) is 1.86.